The van der Waals surface area contributed by atoms with Crippen LogP contribution >= 0.6 is 0 Å². The molecule has 0 aromatic heterocycles. The van der Waals surface area contributed by atoms with Crippen molar-refractivity contribution in [3.05, 3.63) is 24.3 Å². The fraction of sp³-hybridized carbons (Fsp3) is 0.579. The van der Waals surface area contributed by atoms with Crippen molar-refractivity contribution in [2.24, 2.45) is 5.92 Å². The Balaban J connectivity index is 1.51. The number of aliphatic hydroxyl groups excluding tert-OH is 1. The highest BCUT2D eigenvalue weighted by atomic mass is 16.5. The van der Waals surface area contributed by atoms with E-state index in [2.05, 4.69) is 22.3 Å². The summed E-state index contributed by atoms with van der Waals surface area (Å²) in [6.45, 7) is 3.56. The molecule has 1 unspecified atom stereocenters. The Morgan fingerprint density at radius 2 is 1.85 bits per heavy atom. The Kier molecular flexibility index (Phi) is 6.46. The van der Waals surface area contributed by atoms with Crippen LogP contribution in [-0.4, -0.2) is 62.9 Å². The van der Waals surface area contributed by atoms with Gasteiger partial charge in [-0.25, -0.2) is 0 Å². The molecule has 1 atom stereocenters. The lowest BCUT2D eigenvalue weighted by molar-refractivity contribution is -0.126. The summed E-state index contributed by atoms with van der Waals surface area (Å²) in [6, 6.07) is 8.04. The first-order valence-electron chi connectivity index (χ1n) is 9.30. The van der Waals surface area contributed by atoms with Crippen LogP contribution in [-0.2, 0) is 14.3 Å². The van der Waals surface area contributed by atoms with Gasteiger partial charge in [-0.15, -0.1) is 0 Å². The maximum absolute atomic E-state index is 12.3. The Morgan fingerprint density at radius 3 is 2.54 bits per heavy atom. The molecule has 1 aromatic rings. The number of anilines is 2. The Labute approximate surface area is 153 Å². The average molecular weight is 361 g/mol. The summed E-state index contributed by atoms with van der Waals surface area (Å²) in [5.74, 6) is -0.476. The van der Waals surface area contributed by atoms with Crippen molar-refractivity contribution in [1.29, 1.82) is 0 Å². The Bertz CT molecular complexity index is 614. The lowest BCUT2D eigenvalue weighted by atomic mass is 10.1. The van der Waals surface area contributed by atoms with Crippen LogP contribution in [0.15, 0.2) is 24.3 Å². The normalized spacial score (nSPS) is 20.0. The SMILES string of the molecule is O=C(NCCOCCO)C1CC(=O)N(c2ccc(N3CCCC3)cc2)C1. The van der Waals surface area contributed by atoms with Crippen LogP contribution < -0.4 is 15.1 Å². The highest BCUT2D eigenvalue weighted by Gasteiger charge is 2.35. The number of aliphatic hydroxyl groups is 1. The van der Waals surface area contributed by atoms with E-state index in [0.29, 0.717) is 19.7 Å². The standard InChI is InChI=1S/C19H27N3O4/c23-10-12-26-11-7-20-19(25)15-13-18(24)22(14-15)17-5-3-16(4-6-17)21-8-1-2-9-21/h3-6,15,23H,1-2,7-14H2,(H,20,25). The zero-order valence-corrected chi connectivity index (χ0v) is 15.0. The molecule has 1 aromatic carbocycles. The summed E-state index contributed by atoms with van der Waals surface area (Å²) in [7, 11) is 0. The van der Waals surface area contributed by atoms with Gasteiger partial charge in [-0.1, -0.05) is 0 Å². The number of hydrogen-bond donors (Lipinski definition) is 2. The van der Waals surface area contributed by atoms with Gasteiger partial charge in [0.25, 0.3) is 0 Å². The molecular weight excluding hydrogens is 334 g/mol. The zero-order valence-electron chi connectivity index (χ0n) is 15.0. The van der Waals surface area contributed by atoms with Gasteiger partial charge in [-0.3, -0.25) is 9.59 Å². The fourth-order valence-corrected chi connectivity index (χ4v) is 3.51. The Morgan fingerprint density at radius 1 is 1.15 bits per heavy atom. The number of rotatable bonds is 8. The molecule has 26 heavy (non-hydrogen) atoms. The molecule has 2 aliphatic rings. The van der Waals surface area contributed by atoms with Crippen molar-refractivity contribution >= 4 is 23.2 Å². The van der Waals surface area contributed by atoms with Gasteiger partial charge in [0.15, 0.2) is 0 Å². The maximum Gasteiger partial charge on any atom is 0.227 e. The van der Waals surface area contributed by atoms with E-state index < -0.39 is 0 Å². The number of amides is 2. The average Bonchev–Trinajstić information content (AvgIpc) is 3.31. The molecule has 2 fully saturated rings. The third-order valence-corrected chi connectivity index (χ3v) is 4.91. The van der Waals surface area contributed by atoms with Crippen LogP contribution in [0.2, 0.25) is 0 Å². The molecule has 7 nitrogen and oxygen atoms in total. The van der Waals surface area contributed by atoms with Crippen molar-refractivity contribution in [2.45, 2.75) is 19.3 Å². The molecule has 2 amide bonds. The number of carbonyl (C=O) groups is 2. The van der Waals surface area contributed by atoms with E-state index in [4.69, 9.17) is 9.84 Å². The molecule has 3 rings (SSSR count). The number of nitrogens with one attached hydrogen (secondary N) is 1. The van der Waals surface area contributed by atoms with Gasteiger partial charge in [-0.2, -0.15) is 0 Å². The minimum atomic E-state index is -0.335. The lowest BCUT2D eigenvalue weighted by Gasteiger charge is -2.20. The third-order valence-electron chi connectivity index (χ3n) is 4.91. The molecule has 0 bridgehead atoms. The van der Waals surface area contributed by atoms with E-state index >= 15 is 0 Å². The molecule has 0 spiro atoms. The van der Waals surface area contributed by atoms with Gasteiger partial charge in [0, 0.05) is 44.0 Å². The Hall–Kier alpha value is -2.12. The van der Waals surface area contributed by atoms with Crippen LogP contribution in [0.3, 0.4) is 0 Å². The monoisotopic (exact) mass is 361 g/mol. The first-order valence-corrected chi connectivity index (χ1v) is 9.30. The molecule has 2 saturated heterocycles. The second-order valence-electron chi connectivity index (χ2n) is 6.74. The van der Waals surface area contributed by atoms with Crippen molar-refractivity contribution < 1.29 is 19.4 Å². The van der Waals surface area contributed by atoms with Crippen LogP contribution in [0.1, 0.15) is 19.3 Å². The van der Waals surface area contributed by atoms with E-state index in [9.17, 15) is 9.59 Å². The maximum atomic E-state index is 12.3. The summed E-state index contributed by atoms with van der Waals surface area (Å²) in [4.78, 5) is 28.6. The summed E-state index contributed by atoms with van der Waals surface area (Å²) >= 11 is 0. The summed E-state index contributed by atoms with van der Waals surface area (Å²) in [6.07, 6.45) is 2.69. The number of ether oxygens (including phenoxy) is 1. The minimum absolute atomic E-state index is 0.0180. The molecule has 2 N–H and O–H groups in total. The summed E-state index contributed by atoms with van der Waals surface area (Å²) < 4.78 is 5.11. The predicted molar refractivity (Wildman–Crippen MR) is 99.3 cm³/mol. The van der Waals surface area contributed by atoms with Gasteiger partial charge >= 0.3 is 0 Å². The highest BCUT2D eigenvalue weighted by Crippen LogP contribution is 2.28. The van der Waals surface area contributed by atoms with Gasteiger partial charge in [0.05, 0.1) is 25.7 Å². The van der Waals surface area contributed by atoms with Crippen molar-refractivity contribution in [2.75, 3.05) is 55.8 Å². The van der Waals surface area contributed by atoms with Crippen LogP contribution in [0.5, 0.6) is 0 Å². The van der Waals surface area contributed by atoms with Gasteiger partial charge in [0.2, 0.25) is 11.8 Å². The third kappa shape index (κ3) is 4.53. The van der Waals surface area contributed by atoms with E-state index in [1.54, 1.807) is 4.90 Å². The van der Waals surface area contributed by atoms with E-state index in [1.165, 1.54) is 18.5 Å². The first-order chi connectivity index (χ1) is 12.7. The minimum Gasteiger partial charge on any atom is -0.394 e. The second kappa shape index (κ2) is 9.00. The number of nitrogens with zero attached hydrogens (tertiary/aromatic N) is 2. The predicted octanol–water partition coefficient (Wildman–Crippen LogP) is 0.765. The molecule has 0 radical (unpaired) electrons. The van der Waals surface area contributed by atoms with Crippen molar-refractivity contribution in [3.63, 3.8) is 0 Å². The molecule has 2 aliphatic heterocycles. The largest absolute Gasteiger partial charge is 0.394 e. The smallest absolute Gasteiger partial charge is 0.227 e. The summed E-state index contributed by atoms with van der Waals surface area (Å²) in [5.41, 5.74) is 2.04. The molecule has 7 heteroatoms. The second-order valence-corrected chi connectivity index (χ2v) is 6.74. The molecular formula is C19H27N3O4. The topological polar surface area (TPSA) is 82.1 Å². The van der Waals surface area contributed by atoms with Gasteiger partial charge in [0.1, 0.15) is 0 Å². The first kappa shape index (κ1) is 18.7. The van der Waals surface area contributed by atoms with E-state index in [1.807, 2.05) is 12.1 Å². The zero-order chi connectivity index (χ0) is 18.4. The number of hydrogen-bond acceptors (Lipinski definition) is 5. The molecule has 142 valence electrons. The molecule has 0 aliphatic carbocycles. The van der Waals surface area contributed by atoms with E-state index in [-0.39, 0.29) is 37.4 Å². The fourth-order valence-electron chi connectivity index (χ4n) is 3.51. The van der Waals surface area contributed by atoms with Crippen molar-refractivity contribution in [1.82, 2.24) is 5.32 Å². The highest BCUT2D eigenvalue weighted by molar-refractivity contribution is 6.00. The van der Waals surface area contributed by atoms with Crippen LogP contribution in [0.4, 0.5) is 11.4 Å². The van der Waals surface area contributed by atoms with Crippen LogP contribution in [0.25, 0.3) is 0 Å². The van der Waals surface area contributed by atoms with Crippen LogP contribution in [0, 0.1) is 5.92 Å². The van der Waals surface area contributed by atoms with E-state index in [0.717, 1.165) is 18.8 Å². The quantitative estimate of drug-likeness (QED) is 0.668. The number of carbonyl (C=O) groups excluding carboxylic acids is 2. The van der Waals surface area contributed by atoms with Gasteiger partial charge in [-0.05, 0) is 37.1 Å². The molecule has 0 saturated carbocycles. The number of benzene rings is 1. The molecule has 2 heterocycles. The van der Waals surface area contributed by atoms with Gasteiger partial charge < -0.3 is 25.0 Å². The lowest BCUT2D eigenvalue weighted by Crippen LogP contribution is -2.35. The van der Waals surface area contributed by atoms with Crippen molar-refractivity contribution in [3.8, 4) is 0 Å². The summed E-state index contributed by atoms with van der Waals surface area (Å²) in [5, 5.41) is 11.4.